The number of alkyl halides is 3. The first kappa shape index (κ1) is 16.1. The lowest BCUT2D eigenvalue weighted by atomic mass is 9.83. The Hall–Kier alpha value is -1.27. The standard InChI is InChI=1S/C15H21F3N2O/c16-15(17,18)21-13-6-2-5-12(9-13)14(10-19)20-8-7-11-3-1-4-11/h2,5-6,9,11,14,20H,1,3-4,7-8,10,19H2. The molecule has 1 unspecified atom stereocenters. The van der Waals surface area contributed by atoms with Gasteiger partial charge in [0.2, 0.25) is 0 Å². The predicted molar refractivity (Wildman–Crippen MR) is 74.9 cm³/mol. The first-order chi connectivity index (χ1) is 9.98. The maximum Gasteiger partial charge on any atom is 0.573 e. The van der Waals surface area contributed by atoms with Gasteiger partial charge in [-0.15, -0.1) is 13.2 Å². The zero-order valence-corrected chi connectivity index (χ0v) is 11.8. The average molecular weight is 302 g/mol. The van der Waals surface area contributed by atoms with Crippen LogP contribution in [0.25, 0.3) is 0 Å². The zero-order valence-electron chi connectivity index (χ0n) is 11.8. The minimum absolute atomic E-state index is 0.151. The molecule has 1 atom stereocenters. The van der Waals surface area contributed by atoms with Gasteiger partial charge in [0.1, 0.15) is 5.75 Å². The van der Waals surface area contributed by atoms with Gasteiger partial charge < -0.3 is 15.8 Å². The van der Waals surface area contributed by atoms with Gasteiger partial charge in [-0.3, -0.25) is 0 Å². The van der Waals surface area contributed by atoms with Crippen molar-refractivity contribution in [2.45, 2.75) is 38.1 Å². The van der Waals surface area contributed by atoms with Crippen LogP contribution in [-0.4, -0.2) is 19.5 Å². The molecular weight excluding hydrogens is 281 g/mol. The van der Waals surface area contributed by atoms with Crippen LogP contribution < -0.4 is 15.8 Å². The largest absolute Gasteiger partial charge is 0.573 e. The number of hydrogen-bond acceptors (Lipinski definition) is 3. The Labute approximate surface area is 122 Å². The van der Waals surface area contributed by atoms with Crippen LogP contribution in [0.5, 0.6) is 5.75 Å². The summed E-state index contributed by atoms with van der Waals surface area (Å²) in [7, 11) is 0. The second kappa shape index (κ2) is 7.13. The number of benzene rings is 1. The normalized spacial score (nSPS) is 17.3. The second-order valence-corrected chi connectivity index (χ2v) is 5.45. The van der Waals surface area contributed by atoms with Crippen molar-refractivity contribution < 1.29 is 17.9 Å². The summed E-state index contributed by atoms with van der Waals surface area (Å²) in [4.78, 5) is 0. The fourth-order valence-electron chi connectivity index (χ4n) is 2.51. The molecule has 0 heterocycles. The summed E-state index contributed by atoms with van der Waals surface area (Å²) < 4.78 is 40.6. The molecule has 2 rings (SSSR count). The molecule has 0 bridgehead atoms. The molecule has 3 N–H and O–H groups in total. The van der Waals surface area contributed by atoms with Gasteiger partial charge in [0.05, 0.1) is 0 Å². The zero-order chi connectivity index (χ0) is 15.3. The van der Waals surface area contributed by atoms with E-state index in [0.29, 0.717) is 12.1 Å². The van der Waals surface area contributed by atoms with Crippen molar-refractivity contribution in [3.8, 4) is 5.75 Å². The van der Waals surface area contributed by atoms with Gasteiger partial charge in [0.25, 0.3) is 0 Å². The molecule has 118 valence electrons. The molecule has 0 amide bonds. The summed E-state index contributed by atoms with van der Waals surface area (Å²) in [5.41, 5.74) is 6.44. The first-order valence-electron chi connectivity index (χ1n) is 7.27. The minimum Gasteiger partial charge on any atom is -0.406 e. The molecule has 0 spiro atoms. The summed E-state index contributed by atoms with van der Waals surface area (Å²) in [5.74, 6) is 0.579. The summed E-state index contributed by atoms with van der Waals surface area (Å²) >= 11 is 0. The highest BCUT2D eigenvalue weighted by atomic mass is 19.4. The van der Waals surface area contributed by atoms with Gasteiger partial charge in [-0.05, 0) is 36.6 Å². The van der Waals surface area contributed by atoms with Crippen molar-refractivity contribution in [1.82, 2.24) is 5.32 Å². The van der Waals surface area contributed by atoms with E-state index in [1.165, 1.54) is 31.4 Å². The van der Waals surface area contributed by atoms with Crippen molar-refractivity contribution >= 4 is 0 Å². The Balaban J connectivity index is 1.91. The van der Waals surface area contributed by atoms with Crippen LogP contribution >= 0.6 is 0 Å². The van der Waals surface area contributed by atoms with Crippen LogP contribution in [0.1, 0.15) is 37.3 Å². The van der Waals surface area contributed by atoms with E-state index in [0.717, 1.165) is 18.9 Å². The van der Waals surface area contributed by atoms with E-state index in [4.69, 9.17) is 5.73 Å². The van der Waals surface area contributed by atoms with Gasteiger partial charge in [0.15, 0.2) is 0 Å². The smallest absolute Gasteiger partial charge is 0.406 e. The maximum atomic E-state index is 12.2. The Kier molecular flexibility index (Phi) is 5.47. The van der Waals surface area contributed by atoms with Gasteiger partial charge in [-0.25, -0.2) is 0 Å². The molecule has 6 heteroatoms. The molecule has 0 radical (unpaired) electrons. The Morgan fingerprint density at radius 1 is 1.33 bits per heavy atom. The number of nitrogens with one attached hydrogen (secondary N) is 1. The molecule has 1 aliphatic carbocycles. The Morgan fingerprint density at radius 3 is 2.67 bits per heavy atom. The SMILES string of the molecule is NCC(NCCC1CCC1)c1cccc(OC(F)(F)F)c1. The number of rotatable bonds is 7. The van der Waals surface area contributed by atoms with Crippen molar-refractivity contribution in [2.24, 2.45) is 11.7 Å². The van der Waals surface area contributed by atoms with E-state index in [9.17, 15) is 13.2 Å². The molecular formula is C15H21F3N2O. The lowest BCUT2D eigenvalue weighted by Crippen LogP contribution is -2.30. The predicted octanol–water partition coefficient (Wildman–Crippen LogP) is 3.36. The van der Waals surface area contributed by atoms with Gasteiger partial charge in [-0.2, -0.15) is 0 Å². The highest BCUT2D eigenvalue weighted by molar-refractivity contribution is 5.31. The highest BCUT2D eigenvalue weighted by Gasteiger charge is 2.31. The molecule has 1 saturated carbocycles. The van der Waals surface area contributed by atoms with Crippen molar-refractivity contribution in [2.75, 3.05) is 13.1 Å². The molecule has 1 aromatic rings. The topological polar surface area (TPSA) is 47.3 Å². The summed E-state index contributed by atoms with van der Waals surface area (Å²) in [5, 5.41) is 3.31. The van der Waals surface area contributed by atoms with Crippen LogP contribution in [0.3, 0.4) is 0 Å². The molecule has 1 fully saturated rings. The van der Waals surface area contributed by atoms with Crippen LogP contribution in [0.4, 0.5) is 13.2 Å². The molecule has 0 saturated heterocycles. The van der Waals surface area contributed by atoms with E-state index < -0.39 is 6.36 Å². The van der Waals surface area contributed by atoms with Crippen molar-refractivity contribution in [1.29, 1.82) is 0 Å². The third-order valence-corrected chi connectivity index (χ3v) is 3.90. The number of halogens is 3. The summed E-state index contributed by atoms with van der Waals surface area (Å²) in [6.07, 6.45) is 0.291. The third-order valence-electron chi connectivity index (χ3n) is 3.90. The highest BCUT2D eigenvalue weighted by Crippen LogP contribution is 2.29. The lowest BCUT2D eigenvalue weighted by molar-refractivity contribution is -0.274. The summed E-state index contributed by atoms with van der Waals surface area (Å²) in [6.45, 7) is 1.16. The van der Waals surface area contributed by atoms with E-state index >= 15 is 0 Å². The number of nitrogens with two attached hydrogens (primary N) is 1. The lowest BCUT2D eigenvalue weighted by Gasteiger charge is -2.26. The molecule has 21 heavy (non-hydrogen) atoms. The quantitative estimate of drug-likeness (QED) is 0.812. The molecule has 1 aliphatic rings. The van der Waals surface area contributed by atoms with E-state index in [1.807, 2.05) is 0 Å². The van der Waals surface area contributed by atoms with Crippen molar-refractivity contribution in [3.05, 3.63) is 29.8 Å². The van der Waals surface area contributed by atoms with Gasteiger partial charge in [0, 0.05) is 12.6 Å². The van der Waals surface area contributed by atoms with Gasteiger partial charge in [-0.1, -0.05) is 31.4 Å². The first-order valence-corrected chi connectivity index (χ1v) is 7.27. The van der Waals surface area contributed by atoms with E-state index in [-0.39, 0.29) is 11.8 Å². The van der Waals surface area contributed by atoms with E-state index in [1.54, 1.807) is 12.1 Å². The Morgan fingerprint density at radius 2 is 2.10 bits per heavy atom. The Bertz CT molecular complexity index is 447. The molecule has 3 nitrogen and oxygen atoms in total. The van der Waals surface area contributed by atoms with E-state index in [2.05, 4.69) is 10.1 Å². The van der Waals surface area contributed by atoms with Crippen LogP contribution in [0, 0.1) is 5.92 Å². The average Bonchev–Trinajstić information content (AvgIpc) is 2.35. The molecule has 0 aliphatic heterocycles. The third kappa shape index (κ3) is 5.21. The molecule has 0 aromatic heterocycles. The van der Waals surface area contributed by atoms with Crippen LogP contribution in [-0.2, 0) is 0 Å². The fourth-order valence-corrected chi connectivity index (χ4v) is 2.51. The second-order valence-electron chi connectivity index (χ2n) is 5.45. The maximum absolute atomic E-state index is 12.2. The number of hydrogen-bond donors (Lipinski definition) is 2. The molecule has 1 aromatic carbocycles. The minimum atomic E-state index is -4.67. The monoisotopic (exact) mass is 302 g/mol. The van der Waals surface area contributed by atoms with Crippen LogP contribution in [0.2, 0.25) is 0 Å². The fraction of sp³-hybridized carbons (Fsp3) is 0.600. The van der Waals surface area contributed by atoms with Gasteiger partial charge >= 0.3 is 6.36 Å². The number of ether oxygens (including phenoxy) is 1. The van der Waals surface area contributed by atoms with Crippen molar-refractivity contribution in [3.63, 3.8) is 0 Å². The summed E-state index contributed by atoms with van der Waals surface area (Å²) in [6, 6.07) is 5.84. The van der Waals surface area contributed by atoms with Crippen LogP contribution in [0.15, 0.2) is 24.3 Å².